The SMILES string of the molecule is COCCN(C)C1CCn2c1c(C(C)=O)c1cc(Br)ccc12.COCCN(C)C1CCn2c1cc1cc(Br)ccc12. The molecule has 2 unspecified atom stereocenters. The molecule has 0 saturated carbocycles. The molecular weight excluding hydrogens is 648 g/mol. The van der Waals surface area contributed by atoms with E-state index in [0.717, 1.165) is 64.6 Å². The molecule has 0 spiro atoms. The molecule has 2 atom stereocenters. The molecule has 0 amide bonds. The summed E-state index contributed by atoms with van der Waals surface area (Å²) in [6.45, 7) is 7.08. The van der Waals surface area contributed by atoms with E-state index >= 15 is 0 Å². The number of aryl methyl sites for hydroxylation is 2. The van der Waals surface area contributed by atoms with Crippen LogP contribution in [-0.2, 0) is 22.6 Å². The summed E-state index contributed by atoms with van der Waals surface area (Å²) in [5, 5.41) is 2.39. The summed E-state index contributed by atoms with van der Waals surface area (Å²) in [7, 11) is 7.78. The van der Waals surface area contributed by atoms with Gasteiger partial charge in [0.15, 0.2) is 5.78 Å². The van der Waals surface area contributed by atoms with E-state index in [4.69, 9.17) is 9.47 Å². The van der Waals surface area contributed by atoms with E-state index in [2.05, 4.69) is 101 Å². The van der Waals surface area contributed by atoms with Crippen molar-refractivity contribution in [2.45, 2.75) is 44.9 Å². The number of hydrogen-bond acceptors (Lipinski definition) is 5. The third-order valence-electron chi connectivity index (χ3n) is 8.58. The van der Waals surface area contributed by atoms with E-state index in [9.17, 15) is 4.79 Å². The topological polar surface area (TPSA) is 51.9 Å². The summed E-state index contributed by atoms with van der Waals surface area (Å²) in [5.41, 5.74) is 5.99. The van der Waals surface area contributed by atoms with Crippen LogP contribution in [0.5, 0.6) is 0 Å². The van der Waals surface area contributed by atoms with Gasteiger partial charge in [-0.2, -0.15) is 0 Å². The van der Waals surface area contributed by atoms with E-state index in [-0.39, 0.29) is 11.8 Å². The van der Waals surface area contributed by atoms with Crippen LogP contribution >= 0.6 is 31.9 Å². The summed E-state index contributed by atoms with van der Waals surface area (Å²) in [4.78, 5) is 17.0. The highest BCUT2D eigenvalue weighted by Crippen LogP contribution is 2.41. The van der Waals surface area contributed by atoms with Gasteiger partial charge in [0.2, 0.25) is 0 Å². The maximum absolute atomic E-state index is 12.3. The normalized spacial score (nSPS) is 17.9. The Kier molecular flexibility index (Phi) is 9.73. The highest BCUT2D eigenvalue weighted by molar-refractivity contribution is 9.10. The van der Waals surface area contributed by atoms with E-state index in [1.165, 1.54) is 28.7 Å². The van der Waals surface area contributed by atoms with Gasteiger partial charge in [-0.25, -0.2) is 0 Å². The van der Waals surface area contributed by atoms with Crippen molar-refractivity contribution in [3.63, 3.8) is 0 Å². The lowest BCUT2D eigenvalue weighted by Crippen LogP contribution is -2.27. The van der Waals surface area contributed by atoms with Crippen molar-refractivity contribution in [2.24, 2.45) is 0 Å². The smallest absolute Gasteiger partial charge is 0.162 e. The minimum absolute atomic E-state index is 0.142. The van der Waals surface area contributed by atoms with Crippen LogP contribution in [0.25, 0.3) is 21.8 Å². The van der Waals surface area contributed by atoms with Gasteiger partial charge in [0.1, 0.15) is 0 Å². The monoisotopic (exact) mass is 686 g/mol. The van der Waals surface area contributed by atoms with Crippen LogP contribution in [0.3, 0.4) is 0 Å². The Balaban J connectivity index is 0.000000166. The summed E-state index contributed by atoms with van der Waals surface area (Å²) in [5.74, 6) is 0.142. The van der Waals surface area contributed by atoms with Gasteiger partial charge in [0.05, 0.1) is 25.3 Å². The van der Waals surface area contributed by atoms with E-state index in [1.807, 2.05) is 6.07 Å². The third kappa shape index (κ3) is 6.08. The van der Waals surface area contributed by atoms with Gasteiger partial charge in [-0.05, 0) is 76.3 Å². The van der Waals surface area contributed by atoms with Gasteiger partial charge < -0.3 is 18.6 Å². The molecule has 4 heterocycles. The molecule has 0 saturated heterocycles. The van der Waals surface area contributed by atoms with Crippen LogP contribution in [0.4, 0.5) is 0 Å². The zero-order chi connectivity index (χ0) is 29.3. The molecule has 7 nitrogen and oxygen atoms in total. The molecule has 0 N–H and O–H groups in total. The van der Waals surface area contributed by atoms with Crippen molar-refractivity contribution < 1.29 is 14.3 Å². The summed E-state index contributed by atoms with van der Waals surface area (Å²) >= 11 is 7.07. The molecule has 220 valence electrons. The molecule has 0 bridgehead atoms. The number of carbonyl (C=O) groups excluding carboxylic acids is 1. The van der Waals surface area contributed by atoms with Crippen molar-refractivity contribution in [1.82, 2.24) is 18.9 Å². The lowest BCUT2D eigenvalue weighted by Gasteiger charge is -2.24. The molecule has 0 aliphatic carbocycles. The number of fused-ring (bicyclic) bond motifs is 6. The average Bonchev–Trinajstić information content (AvgIpc) is 3.69. The predicted molar refractivity (Wildman–Crippen MR) is 173 cm³/mol. The summed E-state index contributed by atoms with van der Waals surface area (Å²) in [6.07, 6.45) is 2.24. The number of benzene rings is 2. The molecule has 2 aliphatic rings. The van der Waals surface area contributed by atoms with Gasteiger partial charge in [-0.3, -0.25) is 14.6 Å². The first-order chi connectivity index (χ1) is 19.7. The van der Waals surface area contributed by atoms with Crippen molar-refractivity contribution in [3.05, 3.63) is 68.4 Å². The Morgan fingerprint density at radius 3 is 2.10 bits per heavy atom. The van der Waals surface area contributed by atoms with Gasteiger partial charge in [-0.1, -0.05) is 31.9 Å². The molecule has 4 aromatic rings. The van der Waals surface area contributed by atoms with Crippen LogP contribution in [-0.4, -0.2) is 79.3 Å². The van der Waals surface area contributed by atoms with Crippen molar-refractivity contribution in [1.29, 1.82) is 0 Å². The van der Waals surface area contributed by atoms with Gasteiger partial charge in [0.25, 0.3) is 0 Å². The molecule has 41 heavy (non-hydrogen) atoms. The van der Waals surface area contributed by atoms with E-state index in [0.29, 0.717) is 12.6 Å². The summed E-state index contributed by atoms with van der Waals surface area (Å²) in [6, 6.07) is 15.9. The predicted octanol–water partition coefficient (Wildman–Crippen LogP) is 7.06. The fourth-order valence-corrected chi connectivity index (χ4v) is 7.28. The molecule has 0 fully saturated rings. The second-order valence-electron chi connectivity index (χ2n) is 11.1. The first-order valence-corrected chi connectivity index (χ1v) is 15.8. The van der Waals surface area contributed by atoms with Gasteiger partial charge >= 0.3 is 0 Å². The quantitative estimate of drug-likeness (QED) is 0.177. The fraction of sp³-hybridized carbons (Fsp3) is 0.469. The minimum atomic E-state index is 0.142. The van der Waals surface area contributed by atoms with Crippen molar-refractivity contribution in [2.75, 3.05) is 54.6 Å². The number of Topliss-reactive ketones (excluding diaryl/α,β-unsaturated/α-hetero) is 1. The van der Waals surface area contributed by atoms with Crippen LogP contribution < -0.4 is 0 Å². The number of methoxy groups -OCH3 is 2. The number of rotatable bonds is 9. The molecule has 0 radical (unpaired) electrons. The van der Waals surface area contributed by atoms with Crippen molar-refractivity contribution in [3.8, 4) is 0 Å². The van der Waals surface area contributed by atoms with Crippen molar-refractivity contribution >= 4 is 59.4 Å². The number of hydrogen-bond donors (Lipinski definition) is 0. The number of carbonyl (C=O) groups is 1. The minimum Gasteiger partial charge on any atom is -0.383 e. The highest BCUT2D eigenvalue weighted by atomic mass is 79.9. The molecule has 2 aliphatic heterocycles. The Hall–Kier alpha value is -2.01. The largest absolute Gasteiger partial charge is 0.383 e. The number of ether oxygens (including phenoxy) is 2. The van der Waals surface area contributed by atoms with Gasteiger partial charge in [-0.15, -0.1) is 0 Å². The molecule has 9 heteroatoms. The molecule has 6 rings (SSSR count). The maximum atomic E-state index is 12.3. The lowest BCUT2D eigenvalue weighted by molar-refractivity contribution is 0.101. The molecular formula is C32H40Br2N4O3. The fourth-order valence-electron chi connectivity index (χ4n) is 6.54. The molecule has 2 aromatic heterocycles. The first-order valence-electron chi connectivity index (χ1n) is 14.2. The Labute approximate surface area is 259 Å². The number of aromatic nitrogens is 2. The Bertz CT molecular complexity index is 1550. The summed E-state index contributed by atoms with van der Waals surface area (Å²) < 4.78 is 17.3. The lowest BCUT2D eigenvalue weighted by atomic mass is 10.0. The zero-order valence-electron chi connectivity index (χ0n) is 24.6. The van der Waals surface area contributed by atoms with E-state index in [1.54, 1.807) is 21.1 Å². The standard InChI is InChI=1S/C17H21BrN2O2.C15H19BrN2O/c1-11(21)16-13-10-12(18)4-5-14(13)20-7-6-15(17(16)20)19(2)8-9-22-3;1-17(7-8-19-2)14-5-6-18-13-4-3-12(16)9-11(13)10-15(14)18/h4-5,10,15H,6-9H2,1-3H3;3-4,9-10,14H,5-8H2,1-2H3. The number of ketones is 1. The molecule has 2 aromatic carbocycles. The Morgan fingerprint density at radius 2 is 1.44 bits per heavy atom. The van der Waals surface area contributed by atoms with Crippen LogP contribution in [0, 0.1) is 0 Å². The second kappa shape index (κ2) is 13.1. The zero-order valence-corrected chi connectivity index (χ0v) is 27.8. The Morgan fingerprint density at radius 1 is 0.854 bits per heavy atom. The average molecular weight is 689 g/mol. The number of nitrogens with zero attached hydrogens (tertiary/aromatic N) is 4. The maximum Gasteiger partial charge on any atom is 0.162 e. The van der Waals surface area contributed by atoms with Gasteiger partial charge in [0, 0.05) is 88.1 Å². The van der Waals surface area contributed by atoms with Crippen LogP contribution in [0.15, 0.2) is 51.4 Å². The number of halogens is 2. The van der Waals surface area contributed by atoms with E-state index < -0.39 is 0 Å². The third-order valence-corrected chi connectivity index (χ3v) is 9.57. The van der Waals surface area contributed by atoms with Crippen LogP contribution in [0.1, 0.15) is 53.6 Å². The number of likely N-dealkylation sites (N-methyl/N-ethyl adjacent to an activating group) is 2. The second-order valence-corrected chi connectivity index (χ2v) is 12.9. The van der Waals surface area contributed by atoms with Crippen LogP contribution in [0.2, 0.25) is 0 Å². The highest BCUT2D eigenvalue weighted by Gasteiger charge is 2.33. The first kappa shape index (κ1) is 30.4.